The minimum atomic E-state index is -1.00. The summed E-state index contributed by atoms with van der Waals surface area (Å²) < 4.78 is 0. The largest absolute Gasteiger partial charge is 0.480 e. The van der Waals surface area contributed by atoms with Crippen molar-refractivity contribution in [3.63, 3.8) is 0 Å². The molecule has 0 saturated heterocycles. The predicted molar refractivity (Wildman–Crippen MR) is 65.6 cm³/mol. The van der Waals surface area contributed by atoms with Gasteiger partial charge in [0.05, 0.1) is 0 Å². The van der Waals surface area contributed by atoms with Crippen molar-refractivity contribution in [1.29, 1.82) is 0 Å². The molecule has 0 bridgehead atoms. The van der Waals surface area contributed by atoms with Gasteiger partial charge in [-0.3, -0.25) is 4.79 Å². The topological polar surface area (TPSA) is 378 Å². The predicted octanol–water partition coefficient (Wildman–Crippen LogP) is -8.92. The van der Waals surface area contributed by atoms with E-state index in [4.69, 9.17) is 10.8 Å². The number of carboxylic acids is 1. The van der Waals surface area contributed by atoms with Crippen LogP contribution in [0.4, 0.5) is 0 Å². The molecule has 122 valence electrons. The van der Waals surface area contributed by atoms with Crippen molar-refractivity contribution in [1.82, 2.24) is 0 Å². The molecule has 0 spiro atoms. The zero-order chi connectivity index (χ0) is 5.86. The van der Waals surface area contributed by atoms with Gasteiger partial charge in [-0.05, 0) is 0 Å². The lowest BCUT2D eigenvalue weighted by Gasteiger charge is -1.96. The van der Waals surface area contributed by atoms with Crippen molar-refractivity contribution in [3.8, 4) is 0 Å². The molecule has 0 heterocycles. The molecule has 0 aromatic heterocycles. The molecule has 17 heavy (non-hydrogen) atoms. The molecule has 0 saturated carbocycles. The van der Waals surface area contributed by atoms with E-state index in [0.29, 0.717) is 0 Å². The summed E-state index contributed by atoms with van der Waals surface area (Å²) in [5.74, 6) is -0.815. The smallest absolute Gasteiger partial charge is 0.321 e. The summed E-state index contributed by atoms with van der Waals surface area (Å²) in [4.78, 5) is 9.76. The normalized spacial score (nSPS) is 5.53. The van der Waals surface area contributed by atoms with E-state index in [1.807, 2.05) is 0 Å². The third kappa shape index (κ3) is 95.1. The highest BCUT2D eigenvalue weighted by Gasteiger charge is 2.06. The van der Waals surface area contributed by atoms with Crippen molar-refractivity contribution in [2.24, 2.45) is 5.73 Å². The van der Waals surface area contributed by atoms with Crippen LogP contribution in [0.2, 0.25) is 0 Å². The highest BCUT2D eigenvalue weighted by molar-refractivity contribution is 7.80. The fraction of sp³-hybridized carbons (Fsp3) is 0.667. The minimum absolute atomic E-state index is 0. The molecule has 0 aromatic carbocycles. The molecule has 0 rings (SSSR count). The molecule has 13 nitrogen and oxygen atoms in total. The molecule has 0 aliphatic rings. The van der Waals surface area contributed by atoms with E-state index in [0.717, 1.165) is 0 Å². The Kier molecular flexibility index (Phi) is 615. The molecular weight excluding hydrogens is 274 g/mol. The zero-order valence-corrected chi connectivity index (χ0v) is 9.56. The molecule has 0 aliphatic carbocycles. The fourth-order valence-electron chi connectivity index (χ4n) is 0.0781. The van der Waals surface area contributed by atoms with Crippen LogP contribution in [0.5, 0.6) is 0 Å². The van der Waals surface area contributed by atoms with Crippen LogP contribution < -0.4 is 5.73 Å². The standard InChI is InChI=1S/C3H7NO2S.10H2O/c4-2(1-7)3(5)6;;;;;;;;;;/h2,7H,1,4H2,(H,5,6);10*1H2/t2-;;;;;;;;;;/m1........../s1. The molecule has 0 aliphatic heterocycles. The molecule has 0 fully saturated rings. The first-order chi connectivity index (χ1) is 3.18. The van der Waals surface area contributed by atoms with Gasteiger partial charge in [0.15, 0.2) is 0 Å². The Morgan fingerprint density at radius 3 is 1.06 bits per heavy atom. The average molecular weight is 301 g/mol. The summed E-state index contributed by atoms with van der Waals surface area (Å²) in [7, 11) is 0. The Morgan fingerprint density at radius 1 is 0.882 bits per heavy atom. The summed E-state index contributed by atoms with van der Waals surface area (Å²) in [5, 5.41) is 8.01. The van der Waals surface area contributed by atoms with Gasteiger partial charge >= 0.3 is 5.97 Å². The summed E-state index contributed by atoms with van der Waals surface area (Å²) in [5.41, 5.74) is 4.94. The van der Waals surface area contributed by atoms with E-state index in [1.165, 1.54) is 0 Å². The van der Waals surface area contributed by atoms with Crippen molar-refractivity contribution in [2.45, 2.75) is 6.04 Å². The first-order valence-electron chi connectivity index (χ1n) is 1.77. The van der Waals surface area contributed by atoms with Crippen LogP contribution in [0.25, 0.3) is 0 Å². The van der Waals surface area contributed by atoms with Gasteiger partial charge in [-0.1, -0.05) is 0 Å². The lowest BCUT2D eigenvalue weighted by Crippen LogP contribution is -2.31. The van der Waals surface area contributed by atoms with Gasteiger partial charge in [-0.25, -0.2) is 0 Å². The Balaban J connectivity index is -0.00000000400. The van der Waals surface area contributed by atoms with E-state index in [9.17, 15) is 4.79 Å². The van der Waals surface area contributed by atoms with E-state index in [1.54, 1.807) is 0 Å². The van der Waals surface area contributed by atoms with Crippen molar-refractivity contribution < 1.29 is 64.7 Å². The lowest BCUT2D eigenvalue weighted by atomic mass is 10.4. The first kappa shape index (κ1) is 134. The van der Waals surface area contributed by atoms with Crippen LogP contribution in [0.1, 0.15) is 0 Å². The van der Waals surface area contributed by atoms with Crippen molar-refractivity contribution in [2.75, 3.05) is 5.75 Å². The average Bonchev–Trinajstić information content (AvgIpc) is 1.65. The quantitative estimate of drug-likeness (QED) is 0.418. The maximum absolute atomic E-state index is 9.76. The molecule has 0 radical (unpaired) electrons. The lowest BCUT2D eigenvalue weighted by molar-refractivity contribution is -0.137. The van der Waals surface area contributed by atoms with Gasteiger partial charge in [0.1, 0.15) is 6.04 Å². The summed E-state index contributed by atoms with van der Waals surface area (Å²) in [6.07, 6.45) is 0. The molecule has 0 amide bonds. The second-order valence-corrected chi connectivity index (χ2v) is 1.49. The molecule has 23 N–H and O–H groups in total. The van der Waals surface area contributed by atoms with E-state index in [2.05, 4.69) is 12.6 Å². The summed E-state index contributed by atoms with van der Waals surface area (Å²) in [6, 6.07) is -0.816. The molecular formula is C3H27NO12S. The highest BCUT2D eigenvalue weighted by Crippen LogP contribution is 1.80. The third-order valence-corrected chi connectivity index (χ3v) is 0.907. The monoisotopic (exact) mass is 301 g/mol. The van der Waals surface area contributed by atoms with Crippen LogP contribution in [0, 0.1) is 0 Å². The van der Waals surface area contributed by atoms with E-state index < -0.39 is 12.0 Å². The minimum Gasteiger partial charge on any atom is -0.480 e. The Labute approximate surface area is 102 Å². The van der Waals surface area contributed by atoms with Gasteiger partial charge in [-0.15, -0.1) is 0 Å². The third-order valence-electron chi connectivity index (χ3n) is 0.514. The van der Waals surface area contributed by atoms with Crippen LogP contribution in [0.3, 0.4) is 0 Å². The Morgan fingerprint density at radius 2 is 1.06 bits per heavy atom. The van der Waals surface area contributed by atoms with Crippen molar-refractivity contribution >= 4 is 18.6 Å². The van der Waals surface area contributed by atoms with Gasteiger partial charge in [0, 0.05) is 5.75 Å². The number of thiol groups is 1. The van der Waals surface area contributed by atoms with Gasteiger partial charge < -0.3 is 65.6 Å². The number of carbonyl (C=O) groups is 1. The number of hydrogen-bond donors (Lipinski definition) is 3. The van der Waals surface area contributed by atoms with Crippen molar-refractivity contribution in [3.05, 3.63) is 0 Å². The number of rotatable bonds is 2. The van der Waals surface area contributed by atoms with Gasteiger partial charge in [0.2, 0.25) is 0 Å². The number of aliphatic carboxylic acids is 1. The number of carboxylic acid groups (broad SMARTS) is 1. The second-order valence-electron chi connectivity index (χ2n) is 1.13. The summed E-state index contributed by atoms with van der Waals surface area (Å²) >= 11 is 3.65. The zero-order valence-electron chi connectivity index (χ0n) is 8.66. The molecule has 14 heteroatoms. The number of nitrogens with two attached hydrogens (primary N) is 1. The molecule has 1 atom stereocenters. The Hall–Kier alpha value is -0.620. The Bertz CT molecular complexity index is 84.2. The summed E-state index contributed by atoms with van der Waals surface area (Å²) in [6.45, 7) is 0. The van der Waals surface area contributed by atoms with Gasteiger partial charge in [0.25, 0.3) is 0 Å². The van der Waals surface area contributed by atoms with Crippen LogP contribution in [-0.4, -0.2) is 77.6 Å². The van der Waals surface area contributed by atoms with E-state index >= 15 is 0 Å². The van der Waals surface area contributed by atoms with Crippen LogP contribution in [0.15, 0.2) is 0 Å². The maximum Gasteiger partial charge on any atom is 0.321 e. The van der Waals surface area contributed by atoms with E-state index in [-0.39, 0.29) is 60.5 Å². The highest BCUT2D eigenvalue weighted by atomic mass is 32.1. The SMILES string of the molecule is N[C@H](CS)C(=O)O.O.O.O.O.O.O.O.O.O.O. The first-order valence-corrected chi connectivity index (χ1v) is 2.41. The molecule has 0 aromatic rings. The maximum atomic E-state index is 9.76. The number of hydrogen-bond acceptors (Lipinski definition) is 3. The fourth-order valence-corrected chi connectivity index (χ4v) is 0.234. The van der Waals surface area contributed by atoms with Crippen LogP contribution in [-0.2, 0) is 4.79 Å². The van der Waals surface area contributed by atoms with Gasteiger partial charge in [-0.2, -0.15) is 12.6 Å². The van der Waals surface area contributed by atoms with Crippen LogP contribution >= 0.6 is 12.6 Å². The second kappa shape index (κ2) is 78.1. The molecule has 0 unspecified atom stereocenters.